The van der Waals surface area contributed by atoms with Crippen molar-refractivity contribution in [3.8, 4) is 0 Å². The van der Waals surface area contributed by atoms with Crippen molar-refractivity contribution >= 4 is 5.91 Å². The molecule has 0 aromatic heterocycles. The van der Waals surface area contributed by atoms with Gasteiger partial charge < -0.3 is 5.73 Å². The molecule has 100 valence electrons. The molecule has 18 heavy (non-hydrogen) atoms. The third-order valence-corrected chi connectivity index (χ3v) is 3.27. The molecular weight excluding hydrogens is 224 g/mol. The molecule has 3 nitrogen and oxygen atoms in total. The zero-order chi connectivity index (χ0) is 13.7. The quantitative estimate of drug-likeness (QED) is 0.812. The number of hydrogen-bond acceptors (Lipinski definition) is 2. The second-order valence-corrected chi connectivity index (χ2v) is 5.11. The zero-order valence-corrected chi connectivity index (χ0v) is 11.7. The second-order valence-electron chi connectivity index (χ2n) is 5.11. The largest absolute Gasteiger partial charge is 0.368 e. The minimum Gasteiger partial charge on any atom is -0.368 e. The van der Waals surface area contributed by atoms with Crippen molar-refractivity contribution in [2.24, 2.45) is 11.7 Å². The average molecular weight is 248 g/mol. The van der Waals surface area contributed by atoms with Gasteiger partial charge in [-0.2, -0.15) is 0 Å². The minimum absolute atomic E-state index is 0.151. The molecule has 0 unspecified atom stereocenters. The highest BCUT2D eigenvalue weighted by Crippen LogP contribution is 2.22. The molecule has 0 aliphatic heterocycles. The molecule has 0 aliphatic carbocycles. The monoisotopic (exact) mass is 248 g/mol. The molecule has 0 heterocycles. The third kappa shape index (κ3) is 3.84. The summed E-state index contributed by atoms with van der Waals surface area (Å²) in [5, 5.41) is 3.30. The summed E-state index contributed by atoms with van der Waals surface area (Å²) in [6.45, 7) is 8.22. The fourth-order valence-electron chi connectivity index (χ4n) is 1.99. The number of carbonyl (C=O) groups is 1. The van der Waals surface area contributed by atoms with Crippen LogP contribution in [0.2, 0.25) is 0 Å². The maximum atomic E-state index is 11.1. The van der Waals surface area contributed by atoms with E-state index in [1.54, 1.807) is 6.92 Å². The summed E-state index contributed by atoms with van der Waals surface area (Å²) in [4.78, 5) is 11.1. The molecule has 1 aromatic rings. The van der Waals surface area contributed by atoms with E-state index in [0.29, 0.717) is 5.92 Å². The summed E-state index contributed by atoms with van der Waals surface area (Å²) in [7, 11) is 0. The van der Waals surface area contributed by atoms with Crippen LogP contribution >= 0.6 is 0 Å². The van der Waals surface area contributed by atoms with Crippen molar-refractivity contribution < 1.29 is 4.79 Å². The lowest BCUT2D eigenvalue weighted by Gasteiger charge is -2.25. The summed E-state index contributed by atoms with van der Waals surface area (Å²) in [6.07, 6.45) is 1.04. The summed E-state index contributed by atoms with van der Waals surface area (Å²) in [5.41, 5.74) is 7.83. The number of nitrogens with two attached hydrogens (primary N) is 1. The van der Waals surface area contributed by atoms with Crippen LogP contribution in [0.25, 0.3) is 0 Å². The number of rotatable bonds is 6. The number of benzene rings is 1. The summed E-state index contributed by atoms with van der Waals surface area (Å²) in [5.74, 6) is 0.0881. The molecule has 0 radical (unpaired) electrons. The first kappa shape index (κ1) is 14.7. The Labute approximate surface area is 110 Å². The van der Waals surface area contributed by atoms with Gasteiger partial charge in [-0.1, -0.05) is 45.0 Å². The van der Waals surface area contributed by atoms with E-state index in [1.807, 2.05) is 0 Å². The summed E-state index contributed by atoms with van der Waals surface area (Å²) < 4.78 is 0. The van der Waals surface area contributed by atoms with Crippen LogP contribution in [-0.4, -0.2) is 11.9 Å². The second kappa shape index (κ2) is 6.55. The Balaban J connectivity index is 2.86. The number of hydrogen-bond donors (Lipinski definition) is 2. The predicted octanol–water partition coefficient (Wildman–Crippen LogP) is 2.41. The fourth-order valence-corrected chi connectivity index (χ4v) is 1.99. The zero-order valence-electron chi connectivity index (χ0n) is 11.7. The van der Waals surface area contributed by atoms with Gasteiger partial charge in [0.25, 0.3) is 0 Å². The highest BCUT2D eigenvalue weighted by atomic mass is 16.1. The van der Waals surface area contributed by atoms with Crippen molar-refractivity contribution in [1.82, 2.24) is 5.32 Å². The smallest absolute Gasteiger partial charge is 0.234 e. The standard InChI is InChI=1S/C15H24N2O/c1-5-12-6-8-13(9-7-12)14(10(2)3)17-11(4)15(16)18/h6-11,14,17H,5H2,1-4H3,(H2,16,18)/t11-,14-/m0/s1. The van der Waals surface area contributed by atoms with E-state index in [9.17, 15) is 4.79 Å². The van der Waals surface area contributed by atoms with E-state index in [-0.39, 0.29) is 18.0 Å². The van der Waals surface area contributed by atoms with Gasteiger partial charge in [0, 0.05) is 6.04 Å². The van der Waals surface area contributed by atoms with Crippen molar-refractivity contribution in [2.45, 2.75) is 46.2 Å². The molecular formula is C15H24N2O. The van der Waals surface area contributed by atoms with E-state index in [1.165, 1.54) is 11.1 Å². The third-order valence-electron chi connectivity index (χ3n) is 3.27. The van der Waals surface area contributed by atoms with E-state index < -0.39 is 0 Å². The molecule has 0 saturated carbocycles. The van der Waals surface area contributed by atoms with Crippen LogP contribution < -0.4 is 11.1 Å². The molecule has 1 aromatic carbocycles. The van der Waals surface area contributed by atoms with Crippen LogP contribution in [0, 0.1) is 5.92 Å². The highest BCUT2D eigenvalue weighted by molar-refractivity contribution is 5.79. The van der Waals surface area contributed by atoms with Gasteiger partial charge in [0.1, 0.15) is 0 Å². The van der Waals surface area contributed by atoms with Crippen molar-refractivity contribution in [3.05, 3.63) is 35.4 Å². The molecule has 0 saturated heterocycles. The fraction of sp³-hybridized carbons (Fsp3) is 0.533. The molecule has 0 aliphatic rings. The first-order valence-electron chi connectivity index (χ1n) is 6.59. The Morgan fingerprint density at radius 1 is 1.22 bits per heavy atom. The van der Waals surface area contributed by atoms with Crippen LogP contribution in [0.3, 0.4) is 0 Å². The number of amides is 1. The van der Waals surface area contributed by atoms with Gasteiger partial charge in [-0.25, -0.2) is 0 Å². The molecule has 2 atom stereocenters. The maximum absolute atomic E-state index is 11.1. The molecule has 3 heteroatoms. The van der Waals surface area contributed by atoms with Crippen LogP contribution in [-0.2, 0) is 11.2 Å². The molecule has 1 rings (SSSR count). The number of aryl methyl sites for hydroxylation is 1. The summed E-state index contributed by atoms with van der Waals surface area (Å²) in [6, 6.07) is 8.37. The lowest BCUT2D eigenvalue weighted by molar-refractivity contribution is -0.119. The molecule has 0 spiro atoms. The van der Waals surface area contributed by atoms with E-state index in [0.717, 1.165) is 6.42 Å². The van der Waals surface area contributed by atoms with Crippen molar-refractivity contribution in [3.63, 3.8) is 0 Å². The average Bonchev–Trinajstić information content (AvgIpc) is 2.35. The molecule has 0 bridgehead atoms. The van der Waals surface area contributed by atoms with Gasteiger partial charge in [0.05, 0.1) is 6.04 Å². The van der Waals surface area contributed by atoms with E-state index in [4.69, 9.17) is 5.73 Å². The molecule has 3 N–H and O–H groups in total. The lowest BCUT2D eigenvalue weighted by atomic mass is 9.94. The van der Waals surface area contributed by atoms with Gasteiger partial charge in [-0.05, 0) is 30.4 Å². The van der Waals surface area contributed by atoms with Gasteiger partial charge in [-0.15, -0.1) is 0 Å². The SMILES string of the molecule is CCc1ccc([C@@H](N[C@@H](C)C(N)=O)C(C)C)cc1. The topological polar surface area (TPSA) is 55.1 Å². The Kier molecular flexibility index (Phi) is 5.35. The first-order valence-corrected chi connectivity index (χ1v) is 6.59. The van der Waals surface area contributed by atoms with Gasteiger partial charge in [-0.3, -0.25) is 10.1 Å². The van der Waals surface area contributed by atoms with Crippen LogP contribution in [0.15, 0.2) is 24.3 Å². The van der Waals surface area contributed by atoms with Crippen molar-refractivity contribution in [1.29, 1.82) is 0 Å². The Hall–Kier alpha value is -1.35. The Bertz CT molecular complexity index is 384. The highest BCUT2D eigenvalue weighted by Gasteiger charge is 2.20. The van der Waals surface area contributed by atoms with Crippen LogP contribution in [0.1, 0.15) is 44.9 Å². The number of nitrogens with one attached hydrogen (secondary N) is 1. The van der Waals surface area contributed by atoms with E-state index in [2.05, 4.69) is 50.4 Å². The number of carbonyl (C=O) groups excluding carboxylic acids is 1. The Morgan fingerprint density at radius 2 is 1.78 bits per heavy atom. The van der Waals surface area contributed by atoms with Gasteiger partial charge >= 0.3 is 0 Å². The summed E-state index contributed by atoms with van der Waals surface area (Å²) >= 11 is 0. The normalized spacial score (nSPS) is 14.5. The minimum atomic E-state index is -0.316. The first-order chi connectivity index (χ1) is 8.45. The predicted molar refractivity (Wildman–Crippen MR) is 75.2 cm³/mol. The van der Waals surface area contributed by atoms with Crippen LogP contribution in [0.5, 0.6) is 0 Å². The maximum Gasteiger partial charge on any atom is 0.234 e. The number of primary amides is 1. The molecule has 1 amide bonds. The molecule has 0 fully saturated rings. The van der Waals surface area contributed by atoms with E-state index >= 15 is 0 Å². The lowest BCUT2D eigenvalue weighted by Crippen LogP contribution is -2.42. The van der Waals surface area contributed by atoms with Gasteiger partial charge in [0.15, 0.2) is 0 Å². The van der Waals surface area contributed by atoms with Crippen LogP contribution in [0.4, 0.5) is 0 Å². The van der Waals surface area contributed by atoms with Crippen molar-refractivity contribution in [2.75, 3.05) is 0 Å². The van der Waals surface area contributed by atoms with Gasteiger partial charge in [0.2, 0.25) is 5.91 Å². The Morgan fingerprint density at radius 3 is 2.17 bits per heavy atom.